The Bertz CT molecular complexity index is 841. The van der Waals surface area contributed by atoms with Crippen LogP contribution in [0.25, 0.3) is 0 Å². The van der Waals surface area contributed by atoms with Gasteiger partial charge in [-0.1, -0.05) is 12.1 Å². The van der Waals surface area contributed by atoms with Gasteiger partial charge in [0, 0.05) is 6.54 Å². The van der Waals surface area contributed by atoms with E-state index in [0.29, 0.717) is 36.8 Å². The minimum atomic E-state index is -0.809. The Morgan fingerprint density at radius 2 is 1.70 bits per heavy atom. The van der Waals surface area contributed by atoms with Crippen LogP contribution in [0.2, 0.25) is 0 Å². The van der Waals surface area contributed by atoms with Gasteiger partial charge in [0.15, 0.2) is 11.5 Å². The van der Waals surface area contributed by atoms with E-state index in [1.807, 2.05) is 48.2 Å². The van der Waals surface area contributed by atoms with E-state index in [0.717, 1.165) is 23.3 Å². The molecule has 162 valence electrons. The molecule has 7 nitrogen and oxygen atoms in total. The Hall–Kier alpha value is -2.93. The monoisotopic (exact) mass is 415 g/mol. The number of carboxylic acid groups (broad SMARTS) is 1. The van der Waals surface area contributed by atoms with Crippen LogP contribution >= 0.6 is 0 Å². The SMILES string of the molecule is CCOc1ccc(C(c2cc(OC)c(OC)c(OC)c2)N2CCCC2C(=O)O)cc1. The molecule has 1 aliphatic heterocycles. The third-order valence-electron chi connectivity index (χ3n) is 5.42. The van der Waals surface area contributed by atoms with Crippen molar-refractivity contribution < 1.29 is 28.8 Å². The number of carboxylic acids is 1. The summed E-state index contributed by atoms with van der Waals surface area (Å²) in [6.45, 7) is 3.21. The van der Waals surface area contributed by atoms with Crippen LogP contribution in [-0.2, 0) is 4.79 Å². The normalized spacial score (nSPS) is 17.4. The third kappa shape index (κ3) is 4.31. The maximum Gasteiger partial charge on any atom is 0.320 e. The van der Waals surface area contributed by atoms with E-state index in [-0.39, 0.29) is 6.04 Å². The number of carbonyl (C=O) groups is 1. The van der Waals surface area contributed by atoms with Gasteiger partial charge in [-0.2, -0.15) is 0 Å². The van der Waals surface area contributed by atoms with Crippen molar-refractivity contribution in [1.29, 1.82) is 0 Å². The maximum absolute atomic E-state index is 11.9. The second kappa shape index (κ2) is 9.71. The Labute approximate surface area is 177 Å². The lowest BCUT2D eigenvalue weighted by Crippen LogP contribution is -2.39. The Morgan fingerprint density at radius 1 is 1.07 bits per heavy atom. The molecule has 3 rings (SSSR count). The van der Waals surface area contributed by atoms with Gasteiger partial charge in [-0.25, -0.2) is 0 Å². The second-order valence-electron chi connectivity index (χ2n) is 7.10. The third-order valence-corrected chi connectivity index (χ3v) is 5.42. The zero-order chi connectivity index (χ0) is 21.7. The minimum Gasteiger partial charge on any atom is -0.494 e. The lowest BCUT2D eigenvalue weighted by Gasteiger charge is -2.32. The van der Waals surface area contributed by atoms with Crippen molar-refractivity contribution >= 4 is 5.97 Å². The van der Waals surface area contributed by atoms with Gasteiger partial charge in [0.05, 0.1) is 34.0 Å². The summed E-state index contributed by atoms with van der Waals surface area (Å²) >= 11 is 0. The fraction of sp³-hybridized carbons (Fsp3) is 0.435. The van der Waals surface area contributed by atoms with Gasteiger partial charge in [0.25, 0.3) is 0 Å². The smallest absolute Gasteiger partial charge is 0.320 e. The Morgan fingerprint density at radius 3 is 2.20 bits per heavy atom. The van der Waals surface area contributed by atoms with E-state index in [2.05, 4.69) is 0 Å². The standard InChI is InChI=1S/C23H29NO6/c1-5-30-17-10-8-15(9-11-17)21(24-12-6-7-18(24)23(25)26)16-13-19(27-2)22(29-4)20(14-16)28-3/h8-11,13-14,18,21H,5-7,12H2,1-4H3,(H,25,26). The predicted molar refractivity (Wildman–Crippen MR) is 113 cm³/mol. The topological polar surface area (TPSA) is 77.5 Å². The van der Waals surface area contributed by atoms with Crippen LogP contribution in [-0.4, -0.2) is 56.5 Å². The number of aliphatic carboxylic acids is 1. The molecule has 1 aliphatic rings. The molecular formula is C23H29NO6. The highest BCUT2D eigenvalue weighted by Crippen LogP contribution is 2.43. The number of methoxy groups -OCH3 is 3. The van der Waals surface area contributed by atoms with Crippen molar-refractivity contribution in [3.63, 3.8) is 0 Å². The van der Waals surface area contributed by atoms with E-state index in [1.165, 1.54) is 0 Å². The Balaban J connectivity index is 2.13. The first-order valence-corrected chi connectivity index (χ1v) is 10.0. The summed E-state index contributed by atoms with van der Waals surface area (Å²) in [4.78, 5) is 14.0. The molecule has 2 aromatic carbocycles. The van der Waals surface area contributed by atoms with Gasteiger partial charge in [0.2, 0.25) is 5.75 Å². The number of likely N-dealkylation sites (tertiary alicyclic amines) is 1. The molecule has 2 unspecified atom stereocenters. The fourth-order valence-electron chi connectivity index (χ4n) is 4.11. The predicted octanol–water partition coefficient (Wildman–Crippen LogP) is 3.75. The number of ether oxygens (including phenoxy) is 4. The lowest BCUT2D eigenvalue weighted by atomic mass is 9.95. The summed E-state index contributed by atoms with van der Waals surface area (Å²) in [6, 6.07) is 10.7. The van der Waals surface area contributed by atoms with E-state index in [4.69, 9.17) is 18.9 Å². The van der Waals surface area contributed by atoms with Crippen LogP contribution in [0, 0.1) is 0 Å². The highest BCUT2D eigenvalue weighted by Gasteiger charge is 2.37. The molecule has 0 radical (unpaired) electrons. The first-order valence-electron chi connectivity index (χ1n) is 10.0. The molecule has 30 heavy (non-hydrogen) atoms. The molecule has 0 amide bonds. The summed E-state index contributed by atoms with van der Waals surface area (Å²) in [6.07, 6.45) is 1.45. The number of rotatable bonds is 9. The first kappa shape index (κ1) is 21.8. The largest absolute Gasteiger partial charge is 0.494 e. The van der Waals surface area contributed by atoms with Crippen molar-refractivity contribution in [2.24, 2.45) is 0 Å². The van der Waals surface area contributed by atoms with Crippen molar-refractivity contribution in [2.75, 3.05) is 34.5 Å². The molecule has 1 heterocycles. The molecule has 1 fully saturated rings. The van der Waals surface area contributed by atoms with Crippen LogP contribution in [0.1, 0.15) is 36.9 Å². The van der Waals surface area contributed by atoms with Crippen molar-refractivity contribution in [3.8, 4) is 23.0 Å². The molecule has 7 heteroatoms. The number of hydrogen-bond acceptors (Lipinski definition) is 6. The summed E-state index contributed by atoms with van der Waals surface area (Å²) in [5.41, 5.74) is 1.85. The highest BCUT2D eigenvalue weighted by atomic mass is 16.5. The van der Waals surface area contributed by atoms with E-state index in [9.17, 15) is 9.90 Å². The van der Waals surface area contributed by atoms with Crippen LogP contribution in [0.5, 0.6) is 23.0 Å². The molecule has 0 bridgehead atoms. The fourth-order valence-corrected chi connectivity index (χ4v) is 4.11. The summed E-state index contributed by atoms with van der Waals surface area (Å²) < 4.78 is 22.1. The van der Waals surface area contributed by atoms with Crippen LogP contribution < -0.4 is 18.9 Å². The Kier molecular flexibility index (Phi) is 7.05. The van der Waals surface area contributed by atoms with Crippen molar-refractivity contribution in [2.45, 2.75) is 31.8 Å². The van der Waals surface area contributed by atoms with Crippen LogP contribution in [0.4, 0.5) is 0 Å². The first-order chi connectivity index (χ1) is 14.5. The van der Waals surface area contributed by atoms with Crippen molar-refractivity contribution in [1.82, 2.24) is 4.90 Å². The molecule has 0 aromatic heterocycles. The number of hydrogen-bond donors (Lipinski definition) is 1. The summed E-state index contributed by atoms with van der Waals surface area (Å²) in [5, 5.41) is 9.79. The van der Waals surface area contributed by atoms with E-state index in [1.54, 1.807) is 21.3 Å². The quantitative estimate of drug-likeness (QED) is 0.668. The van der Waals surface area contributed by atoms with Crippen molar-refractivity contribution in [3.05, 3.63) is 47.5 Å². The molecular weight excluding hydrogens is 386 g/mol. The molecule has 2 aromatic rings. The van der Waals surface area contributed by atoms with Gasteiger partial charge in [0.1, 0.15) is 11.8 Å². The van der Waals surface area contributed by atoms with E-state index >= 15 is 0 Å². The summed E-state index contributed by atoms with van der Waals surface area (Å²) in [5.74, 6) is 1.55. The molecule has 1 saturated heterocycles. The van der Waals surface area contributed by atoms with Gasteiger partial charge in [-0.3, -0.25) is 9.69 Å². The van der Waals surface area contributed by atoms with Gasteiger partial charge in [-0.15, -0.1) is 0 Å². The molecule has 1 N–H and O–H groups in total. The van der Waals surface area contributed by atoms with Gasteiger partial charge >= 0.3 is 5.97 Å². The highest BCUT2D eigenvalue weighted by molar-refractivity contribution is 5.74. The molecule has 0 spiro atoms. The van der Waals surface area contributed by atoms with Crippen LogP contribution in [0.3, 0.4) is 0 Å². The maximum atomic E-state index is 11.9. The van der Waals surface area contributed by atoms with Crippen LogP contribution in [0.15, 0.2) is 36.4 Å². The number of benzene rings is 2. The zero-order valence-corrected chi connectivity index (χ0v) is 17.9. The second-order valence-corrected chi connectivity index (χ2v) is 7.10. The van der Waals surface area contributed by atoms with E-state index < -0.39 is 12.0 Å². The molecule has 2 atom stereocenters. The zero-order valence-electron chi connectivity index (χ0n) is 17.9. The average Bonchev–Trinajstić information content (AvgIpc) is 3.24. The average molecular weight is 415 g/mol. The lowest BCUT2D eigenvalue weighted by molar-refractivity contribution is -0.142. The van der Waals surface area contributed by atoms with Gasteiger partial charge in [-0.05, 0) is 55.2 Å². The van der Waals surface area contributed by atoms with Gasteiger partial charge < -0.3 is 24.1 Å². The molecule has 0 saturated carbocycles. The minimum absolute atomic E-state index is 0.280. The molecule has 0 aliphatic carbocycles. The number of nitrogens with zero attached hydrogens (tertiary/aromatic N) is 1. The summed E-state index contributed by atoms with van der Waals surface area (Å²) in [7, 11) is 4.71.